The van der Waals surface area contributed by atoms with Gasteiger partial charge in [-0.1, -0.05) is 36.4 Å². The Kier molecular flexibility index (Phi) is 6.18. The van der Waals surface area contributed by atoms with Gasteiger partial charge in [-0.05, 0) is 62.7 Å². The lowest BCUT2D eigenvalue weighted by atomic mass is 9.91. The molecule has 2 aromatic carbocycles. The number of benzene rings is 2. The Morgan fingerprint density at radius 2 is 1.79 bits per heavy atom. The first-order valence-electron chi connectivity index (χ1n) is 11.3. The minimum absolute atomic E-state index is 0.208. The van der Waals surface area contributed by atoms with Gasteiger partial charge >= 0.3 is 12.0 Å². The molecule has 34 heavy (non-hydrogen) atoms. The van der Waals surface area contributed by atoms with E-state index in [4.69, 9.17) is 0 Å². The molecule has 0 aliphatic carbocycles. The number of rotatable bonds is 8. The molecule has 0 radical (unpaired) electrons. The van der Waals surface area contributed by atoms with Gasteiger partial charge in [0.15, 0.2) is 0 Å². The number of carbonyl (C=O) groups is 3. The van der Waals surface area contributed by atoms with Gasteiger partial charge in [0.25, 0.3) is 5.91 Å². The van der Waals surface area contributed by atoms with Crippen molar-refractivity contribution in [1.82, 2.24) is 19.7 Å². The predicted molar refractivity (Wildman–Crippen MR) is 130 cm³/mol. The van der Waals surface area contributed by atoms with Crippen LogP contribution < -0.4 is 0 Å². The molecule has 2 heterocycles. The van der Waals surface area contributed by atoms with Crippen molar-refractivity contribution in [3.8, 4) is 0 Å². The number of H-pyrrole nitrogens is 1. The van der Waals surface area contributed by atoms with Crippen LogP contribution in [0.25, 0.3) is 10.9 Å². The maximum atomic E-state index is 13.4. The highest BCUT2D eigenvalue weighted by Gasteiger charge is 2.53. The maximum Gasteiger partial charge on any atom is 0.352 e. The molecule has 3 aromatic rings. The topological polar surface area (TPSA) is 97.0 Å². The highest BCUT2D eigenvalue weighted by Crippen LogP contribution is 2.36. The van der Waals surface area contributed by atoms with Gasteiger partial charge in [0, 0.05) is 31.0 Å². The molecule has 1 aliphatic rings. The van der Waals surface area contributed by atoms with Crippen LogP contribution in [0.5, 0.6) is 0 Å². The van der Waals surface area contributed by atoms with Crippen molar-refractivity contribution < 1.29 is 19.5 Å². The molecule has 8 nitrogen and oxygen atoms in total. The van der Waals surface area contributed by atoms with E-state index in [2.05, 4.69) is 4.98 Å². The van der Waals surface area contributed by atoms with Crippen LogP contribution in [-0.4, -0.2) is 76.9 Å². The summed E-state index contributed by atoms with van der Waals surface area (Å²) in [6.07, 6.45) is 1.08. The van der Waals surface area contributed by atoms with Crippen LogP contribution in [0.4, 0.5) is 4.79 Å². The van der Waals surface area contributed by atoms with Gasteiger partial charge in [0.2, 0.25) is 0 Å². The van der Waals surface area contributed by atoms with Crippen molar-refractivity contribution in [2.45, 2.75) is 25.3 Å². The van der Waals surface area contributed by atoms with Gasteiger partial charge < -0.3 is 19.9 Å². The molecule has 8 heteroatoms. The molecule has 3 amide bonds. The summed E-state index contributed by atoms with van der Waals surface area (Å²) in [4.78, 5) is 45.9. The summed E-state index contributed by atoms with van der Waals surface area (Å²) in [5, 5.41) is 10.5. The second-order valence-electron chi connectivity index (χ2n) is 9.20. The number of nitrogens with zero attached hydrogens (tertiary/aromatic N) is 3. The van der Waals surface area contributed by atoms with Crippen LogP contribution in [-0.2, 0) is 23.2 Å². The van der Waals surface area contributed by atoms with E-state index in [-0.39, 0.29) is 24.2 Å². The van der Waals surface area contributed by atoms with Gasteiger partial charge in [-0.25, -0.2) is 9.59 Å². The molecular formula is C26H30N4O4. The SMILES string of the molecule is CN(C)CCc1c(C(=O)O)[nH]c2ccc(CCN3C(=O)N(C)C(C)(c4ccccc4)C3=O)cc12. The Labute approximate surface area is 198 Å². The number of aromatic nitrogens is 1. The fourth-order valence-corrected chi connectivity index (χ4v) is 4.61. The van der Waals surface area contributed by atoms with Crippen LogP contribution in [0.3, 0.4) is 0 Å². The molecule has 1 saturated heterocycles. The average molecular weight is 463 g/mol. The summed E-state index contributed by atoms with van der Waals surface area (Å²) in [6.45, 7) is 2.75. The lowest BCUT2D eigenvalue weighted by Crippen LogP contribution is -2.42. The fourth-order valence-electron chi connectivity index (χ4n) is 4.61. The summed E-state index contributed by atoms with van der Waals surface area (Å²) in [5.74, 6) is -1.23. The average Bonchev–Trinajstić information content (AvgIpc) is 3.26. The second-order valence-corrected chi connectivity index (χ2v) is 9.20. The molecule has 0 saturated carbocycles. The molecule has 0 spiro atoms. The number of aromatic carboxylic acids is 1. The second kappa shape index (κ2) is 8.95. The molecule has 178 valence electrons. The molecule has 0 bridgehead atoms. The van der Waals surface area contributed by atoms with Crippen LogP contribution in [0, 0.1) is 0 Å². The molecule has 1 fully saturated rings. The summed E-state index contributed by atoms with van der Waals surface area (Å²) in [5.41, 5.74) is 2.41. The Bertz CT molecular complexity index is 1250. The normalized spacial score (nSPS) is 18.5. The minimum atomic E-state index is -1.04. The highest BCUT2D eigenvalue weighted by molar-refractivity contribution is 6.07. The number of nitrogens with one attached hydrogen (secondary N) is 1. The number of urea groups is 1. The zero-order valence-corrected chi connectivity index (χ0v) is 20.0. The lowest BCUT2D eigenvalue weighted by Gasteiger charge is -2.28. The molecular weight excluding hydrogens is 432 g/mol. The van der Waals surface area contributed by atoms with E-state index >= 15 is 0 Å². The number of carboxylic acid groups (broad SMARTS) is 1. The molecule has 1 aromatic heterocycles. The summed E-state index contributed by atoms with van der Waals surface area (Å²) in [6, 6.07) is 14.7. The highest BCUT2D eigenvalue weighted by atomic mass is 16.4. The van der Waals surface area contributed by atoms with Crippen molar-refractivity contribution >= 4 is 28.8 Å². The molecule has 4 rings (SSSR count). The third-order valence-electron chi connectivity index (χ3n) is 6.80. The van der Waals surface area contributed by atoms with E-state index in [1.807, 2.05) is 67.5 Å². The fraction of sp³-hybridized carbons (Fsp3) is 0.346. The van der Waals surface area contributed by atoms with E-state index in [0.717, 1.165) is 34.1 Å². The number of carboxylic acids is 1. The molecule has 1 atom stereocenters. The number of amides is 3. The number of likely N-dealkylation sites (N-methyl/N-ethyl adjacent to an activating group) is 2. The summed E-state index contributed by atoms with van der Waals surface area (Å²) < 4.78 is 0. The van der Waals surface area contributed by atoms with Crippen LogP contribution >= 0.6 is 0 Å². The van der Waals surface area contributed by atoms with Crippen molar-refractivity contribution in [3.63, 3.8) is 0 Å². The number of hydrogen-bond donors (Lipinski definition) is 2. The van der Waals surface area contributed by atoms with Gasteiger partial charge in [-0.15, -0.1) is 0 Å². The third kappa shape index (κ3) is 3.94. The van der Waals surface area contributed by atoms with Crippen LogP contribution in [0.15, 0.2) is 48.5 Å². The van der Waals surface area contributed by atoms with E-state index < -0.39 is 11.5 Å². The number of aromatic amines is 1. The van der Waals surface area contributed by atoms with E-state index in [0.29, 0.717) is 12.8 Å². The first-order valence-corrected chi connectivity index (χ1v) is 11.3. The van der Waals surface area contributed by atoms with Gasteiger partial charge in [0.1, 0.15) is 11.2 Å². The summed E-state index contributed by atoms with van der Waals surface area (Å²) >= 11 is 0. The number of hydrogen-bond acceptors (Lipinski definition) is 4. The molecule has 1 aliphatic heterocycles. The molecule has 2 N–H and O–H groups in total. The van der Waals surface area contributed by atoms with E-state index in [9.17, 15) is 19.5 Å². The largest absolute Gasteiger partial charge is 0.477 e. The van der Waals surface area contributed by atoms with Gasteiger partial charge in [0.05, 0.1) is 0 Å². The van der Waals surface area contributed by atoms with Crippen molar-refractivity contribution in [2.75, 3.05) is 34.2 Å². The van der Waals surface area contributed by atoms with Crippen LogP contribution in [0.1, 0.15) is 34.1 Å². The standard InChI is InChI=1S/C26H30N4O4/c1-26(18-8-6-5-7-9-18)24(33)30(25(34)29(26)4)15-12-17-10-11-21-20(16-17)19(13-14-28(2)3)22(27-21)23(31)32/h5-11,16,27H,12-15H2,1-4H3,(H,31,32). The van der Waals surface area contributed by atoms with Crippen molar-refractivity contribution in [1.29, 1.82) is 0 Å². The minimum Gasteiger partial charge on any atom is -0.477 e. The quantitative estimate of drug-likeness (QED) is 0.501. The monoisotopic (exact) mass is 462 g/mol. The zero-order valence-electron chi connectivity index (χ0n) is 20.0. The smallest absolute Gasteiger partial charge is 0.352 e. The summed E-state index contributed by atoms with van der Waals surface area (Å²) in [7, 11) is 5.56. The number of carbonyl (C=O) groups excluding carboxylic acids is 2. The Morgan fingerprint density at radius 1 is 1.09 bits per heavy atom. The van der Waals surface area contributed by atoms with Gasteiger partial charge in [-0.3, -0.25) is 9.69 Å². The predicted octanol–water partition coefficient (Wildman–Crippen LogP) is 3.32. The van der Waals surface area contributed by atoms with Crippen LogP contribution in [0.2, 0.25) is 0 Å². The molecule has 1 unspecified atom stereocenters. The van der Waals surface area contributed by atoms with Crippen molar-refractivity contribution in [3.05, 3.63) is 70.9 Å². The van der Waals surface area contributed by atoms with Gasteiger partial charge in [-0.2, -0.15) is 0 Å². The van der Waals surface area contributed by atoms with E-state index in [1.54, 1.807) is 14.0 Å². The van der Waals surface area contributed by atoms with Crippen molar-refractivity contribution in [2.24, 2.45) is 0 Å². The Balaban J connectivity index is 1.58. The maximum absolute atomic E-state index is 13.4. The zero-order chi connectivity index (χ0) is 24.6. The first kappa shape index (κ1) is 23.5. The lowest BCUT2D eigenvalue weighted by molar-refractivity contribution is -0.132. The Hall–Kier alpha value is -3.65. The first-order chi connectivity index (χ1) is 16.1. The Morgan fingerprint density at radius 3 is 2.44 bits per heavy atom. The third-order valence-corrected chi connectivity index (χ3v) is 6.80. The number of fused-ring (bicyclic) bond motifs is 1. The number of imide groups is 1. The van der Waals surface area contributed by atoms with E-state index in [1.165, 1.54) is 9.80 Å².